The van der Waals surface area contributed by atoms with Gasteiger partial charge in [0.2, 0.25) is 0 Å². The van der Waals surface area contributed by atoms with Crippen molar-refractivity contribution in [2.45, 2.75) is 49.4 Å². The minimum Gasteiger partial charge on any atom is -0.390 e. The van der Waals surface area contributed by atoms with Gasteiger partial charge in [-0.25, -0.2) is 33.4 Å². The van der Waals surface area contributed by atoms with Crippen LogP contribution in [0, 0.1) is 0 Å². The number of thiol groups is 2. The van der Waals surface area contributed by atoms with Crippen LogP contribution in [0.4, 0.5) is 5.82 Å². The Morgan fingerprint density at radius 2 is 1.80 bits per heavy atom. The number of nitrogen functional groups attached to an aromatic ring is 1. The highest BCUT2D eigenvalue weighted by atomic mass is 35.5. The number of imidazole rings is 2. The number of nitrogens with two attached hydrogens (primary N) is 1. The number of aliphatic hydroxyl groups is 2. The van der Waals surface area contributed by atoms with Crippen LogP contribution in [0.1, 0.15) is 18.9 Å². The summed E-state index contributed by atoms with van der Waals surface area (Å²) in [6.45, 7) is -9.88. The molecule has 250 valence electrons. The molecule has 6 N–H and O–H groups in total. The highest BCUT2D eigenvalue weighted by molar-refractivity contribution is 8.44. The molecule has 0 saturated carbocycles. The van der Waals surface area contributed by atoms with Crippen molar-refractivity contribution in [2.24, 2.45) is 0 Å². The van der Waals surface area contributed by atoms with Crippen molar-refractivity contribution in [3.05, 3.63) is 45.3 Å². The minimum absolute atomic E-state index is 0.0440. The molecule has 0 amide bonds. The average Bonchev–Trinajstić information content (AvgIpc) is 3.71. The van der Waals surface area contributed by atoms with Gasteiger partial charge in [0.15, 0.2) is 17.7 Å². The Kier molecular flexibility index (Phi) is 9.60. The molecule has 0 radical (unpaired) electrons. The molecule has 4 aromatic rings. The third-order valence-electron chi connectivity index (χ3n) is 7.30. The van der Waals surface area contributed by atoms with Crippen LogP contribution in [0.5, 0.6) is 0 Å². The number of hydrogen-bond donors (Lipinski definition) is 7. The van der Waals surface area contributed by atoms with E-state index in [1.54, 1.807) is 16.7 Å². The second-order valence-electron chi connectivity index (χ2n) is 10.3. The van der Waals surface area contributed by atoms with E-state index in [4.69, 9.17) is 52.0 Å². The number of rotatable bonds is 10. The van der Waals surface area contributed by atoms with Crippen molar-refractivity contribution in [1.29, 1.82) is 0 Å². The Bertz CT molecular complexity index is 1940. The number of aromatic nitrogens is 6. The van der Waals surface area contributed by atoms with Crippen molar-refractivity contribution >= 4 is 89.3 Å². The second kappa shape index (κ2) is 12.9. The van der Waals surface area contributed by atoms with E-state index in [2.05, 4.69) is 44.4 Å². The lowest BCUT2D eigenvalue weighted by Gasteiger charge is -2.25. The summed E-state index contributed by atoms with van der Waals surface area (Å²) in [6, 6.07) is 3.20. The van der Waals surface area contributed by atoms with Crippen LogP contribution < -0.4 is 11.4 Å². The summed E-state index contributed by atoms with van der Waals surface area (Å²) in [7, 11) is 0. The fraction of sp³-hybridized carbons (Fsp3) is 0.455. The van der Waals surface area contributed by atoms with Gasteiger partial charge in [-0.1, -0.05) is 47.7 Å². The van der Waals surface area contributed by atoms with Gasteiger partial charge in [0.1, 0.15) is 42.5 Å². The number of halogens is 2. The van der Waals surface area contributed by atoms with Gasteiger partial charge >= 0.3 is 19.3 Å². The summed E-state index contributed by atoms with van der Waals surface area (Å²) >= 11 is 19.7. The topological polar surface area (TPSA) is 248 Å². The Morgan fingerprint density at radius 1 is 1.09 bits per heavy atom. The number of nitrogens with one attached hydrogen (secondary N) is 1. The molecule has 18 nitrogen and oxygen atoms in total. The molecule has 0 bridgehead atoms. The first-order valence-corrected chi connectivity index (χ1v) is 19.3. The SMILES string of the molecule is Nc1ncnc2c1[nH]c(=O)n2[C@@H]1O[C@H](COP(=O)(O)S)[C@@H](O)C1OP(=O)(S)OC[C@H]1O[C@@H](n2cnc3cc(Cl)c(Cl)cc32)CC1O. The maximum absolute atomic E-state index is 13.5. The van der Waals surface area contributed by atoms with Crippen LogP contribution in [-0.4, -0.2) is 87.9 Å². The average molecular weight is 760 g/mol. The zero-order valence-electron chi connectivity index (χ0n) is 22.9. The van der Waals surface area contributed by atoms with E-state index in [9.17, 15) is 29.0 Å². The third-order valence-corrected chi connectivity index (χ3v) is 10.5. The molecule has 6 rings (SSSR count). The van der Waals surface area contributed by atoms with Gasteiger partial charge in [-0.2, -0.15) is 0 Å². The van der Waals surface area contributed by atoms with Gasteiger partial charge in [-0.15, -0.1) is 0 Å². The van der Waals surface area contributed by atoms with E-state index in [-0.39, 0.29) is 23.4 Å². The first-order valence-electron chi connectivity index (χ1n) is 13.2. The van der Waals surface area contributed by atoms with Crippen LogP contribution in [0.25, 0.3) is 22.2 Å². The summed E-state index contributed by atoms with van der Waals surface area (Å²) in [5.41, 5.74) is 6.19. The van der Waals surface area contributed by atoms with Crippen molar-refractivity contribution in [1.82, 2.24) is 29.1 Å². The number of aromatic amines is 1. The molecule has 5 heterocycles. The van der Waals surface area contributed by atoms with Crippen LogP contribution in [0.15, 0.2) is 29.6 Å². The lowest BCUT2D eigenvalue weighted by atomic mass is 10.1. The van der Waals surface area contributed by atoms with E-state index in [1.165, 1.54) is 6.33 Å². The van der Waals surface area contributed by atoms with E-state index < -0.39 is 75.5 Å². The number of benzene rings is 1. The summed E-state index contributed by atoms with van der Waals surface area (Å²) in [6.07, 6.45) is -6.36. The number of ether oxygens (including phenoxy) is 2. The number of H-pyrrole nitrogens is 1. The van der Waals surface area contributed by atoms with Gasteiger partial charge in [-0.3, -0.25) is 13.6 Å². The maximum Gasteiger partial charge on any atom is 0.386 e. The predicted molar refractivity (Wildman–Crippen MR) is 169 cm³/mol. The molecule has 4 unspecified atom stereocenters. The molecular formula is C22H25Cl2N7O11P2S2. The largest absolute Gasteiger partial charge is 0.390 e. The van der Waals surface area contributed by atoms with Gasteiger partial charge < -0.3 is 39.9 Å². The standard InChI is InChI=1S/C22H25Cl2N7O11P2S2/c23-8-1-10-11(2-9(8)24)30(7-28-10)15-3-12(32)13(40-15)4-39-44(37,46)42-18-17(33)14(5-38-43(35,36)45)41-21(18)31-20-16(29-22(31)34)19(25)26-6-27-20/h1-2,6-7,12-15,17-18,21,32-33H,3-5H2,(H,29,34)(H,37,46)(H2,25,26,27)(H2,35,36,45)/t12?,13-,14-,15-,17-,18?,21-,44?/m1/s1. The zero-order valence-corrected chi connectivity index (χ0v) is 28.0. The summed E-state index contributed by atoms with van der Waals surface area (Å²) < 4.78 is 55.2. The van der Waals surface area contributed by atoms with Crippen molar-refractivity contribution in [3.63, 3.8) is 0 Å². The summed E-state index contributed by atoms with van der Waals surface area (Å²) in [5, 5.41) is 22.4. The van der Waals surface area contributed by atoms with E-state index in [0.717, 1.165) is 10.9 Å². The summed E-state index contributed by atoms with van der Waals surface area (Å²) in [4.78, 5) is 37.0. The maximum atomic E-state index is 13.5. The minimum atomic E-state index is -4.42. The lowest BCUT2D eigenvalue weighted by Crippen LogP contribution is -2.37. The van der Waals surface area contributed by atoms with E-state index >= 15 is 0 Å². The molecule has 2 aliphatic heterocycles. The smallest absolute Gasteiger partial charge is 0.386 e. The fourth-order valence-corrected chi connectivity index (χ4v) is 7.50. The predicted octanol–water partition coefficient (Wildman–Crippen LogP) is 2.45. The van der Waals surface area contributed by atoms with Crippen molar-refractivity contribution in [3.8, 4) is 0 Å². The van der Waals surface area contributed by atoms with E-state index in [0.29, 0.717) is 21.1 Å². The van der Waals surface area contributed by atoms with Crippen LogP contribution >= 0.6 is 61.3 Å². The third kappa shape index (κ3) is 6.88. The highest BCUT2D eigenvalue weighted by Gasteiger charge is 2.50. The Hall–Kier alpha value is -1.74. The number of fused-ring (bicyclic) bond motifs is 2. The molecule has 0 spiro atoms. The fourth-order valence-electron chi connectivity index (χ4n) is 5.18. The molecule has 9 atom stereocenters. The molecule has 2 aliphatic rings. The van der Waals surface area contributed by atoms with Crippen molar-refractivity contribution < 1.29 is 47.3 Å². The van der Waals surface area contributed by atoms with Gasteiger partial charge in [-0.05, 0) is 12.1 Å². The molecule has 2 saturated heterocycles. The van der Waals surface area contributed by atoms with Gasteiger partial charge in [0, 0.05) is 6.42 Å². The highest BCUT2D eigenvalue weighted by Crippen LogP contribution is 2.57. The Morgan fingerprint density at radius 3 is 2.54 bits per heavy atom. The van der Waals surface area contributed by atoms with Crippen LogP contribution in [0.2, 0.25) is 10.0 Å². The lowest BCUT2D eigenvalue weighted by molar-refractivity contribution is -0.0518. The summed E-state index contributed by atoms with van der Waals surface area (Å²) in [5.74, 6) is -0.0692. The Balaban J connectivity index is 1.19. The quantitative estimate of drug-likeness (QED) is 0.0906. The number of nitrogens with zero attached hydrogens (tertiary/aromatic N) is 5. The molecular weight excluding hydrogens is 735 g/mol. The molecule has 0 aliphatic carbocycles. The monoisotopic (exact) mass is 759 g/mol. The second-order valence-corrected chi connectivity index (χ2v) is 16.7. The first kappa shape index (κ1) is 34.1. The molecule has 2 fully saturated rings. The van der Waals surface area contributed by atoms with Crippen LogP contribution in [0.3, 0.4) is 0 Å². The molecule has 24 heteroatoms. The van der Waals surface area contributed by atoms with Gasteiger partial charge in [0.25, 0.3) is 0 Å². The Labute approximate surface area is 278 Å². The molecule has 3 aromatic heterocycles. The number of aliphatic hydroxyl groups excluding tert-OH is 2. The van der Waals surface area contributed by atoms with Crippen LogP contribution in [-0.2, 0) is 32.2 Å². The van der Waals surface area contributed by atoms with E-state index in [1.807, 2.05) is 0 Å². The number of anilines is 1. The number of hydrogen-bond acceptors (Lipinski definition) is 14. The van der Waals surface area contributed by atoms with Gasteiger partial charge in [0.05, 0.1) is 46.7 Å². The first-order chi connectivity index (χ1) is 21.6. The molecule has 46 heavy (non-hydrogen) atoms. The van der Waals surface area contributed by atoms with Crippen molar-refractivity contribution in [2.75, 3.05) is 18.9 Å². The zero-order chi connectivity index (χ0) is 33.1. The normalized spacial score (nSPS) is 29.4. The molecule has 1 aromatic carbocycles.